The Labute approximate surface area is 153 Å². The molecule has 1 aliphatic rings. The van der Waals surface area contributed by atoms with Crippen molar-refractivity contribution in [2.24, 2.45) is 0 Å². The van der Waals surface area contributed by atoms with Gasteiger partial charge in [0.25, 0.3) is 5.56 Å². The summed E-state index contributed by atoms with van der Waals surface area (Å²) >= 11 is 0. The summed E-state index contributed by atoms with van der Waals surface area (Å²) in [6, 6.07) is 3.56. The van der Waals surface area contributed by atoms with Crippen molar-refractivity contribution in [2.75, 3.05) is 46.6 Å². The van der Waals surface area contributed by atoms with Gasteiger partial charge in [-0.2, -0.15) is 0 Å². The summed E-state index contributed by atoms with van der Waals surface area (Å²) in [5.41, 5.74) is 0.551. The summed E-state index contributed by atoms with van der Waals surface area (Å²) in [6.45, 7) is 9.00. The molecule has 0 bridgehead atoms. The molecule has 0 N–H and O–H groups in total. The molecule has 1 aromatic heterocycles. The third-order valence-electron chi connectivity index (χ3n) is 4.60. The van der Waals surface area contributed by atoms with Gasteiger partial charge in [-0.1, -0.05) is 0 Å². The van der Waals surface area contributed by atoms with Crippen molar-refractivity contribution < 1.29 is 14.2 Å². The van der Waals surface area contributed by atoms with E-state index in [9.17, 15) is 4.79 Å². The third kappa shape index (κ3) is 4.16. The largest absolute Gasteiger partial charge is 0.493 e. The van der Waals surface area contributed by atoms with Crippen LogP contribution < -0.4 is 15.0 Å². The average Bonchev–Trinajstić information content (AvgIpc) is 2.65. The van der Waals surface area contributed by atoms with Gasteiger partial charge in [0.05, 0.1) is 44.2 Å². The maximum atomic E-state index is 12.7. The maximum absolute atomic E-state index is 12.7. The van der Waals surface area contributed by atoms with Crippen LogP contribution in [0.25, 0.3) is 10.9 Å². The van der Waals surface area contributed by atoms with Crippen LogP contribution in [0, 0.1) is 0 Å². The number of morpholine rings is 1. The fraction of sp³-hybridized carbons (Fsp3) is 0.579. The van der Waals surface area contributed by atoms with E-state index in [4.69, 9.17) is 14.2 Å². The Morgan fingerprint density at radius 3 is 2.69 bits per heavy atom. The summed E-state index contributed by atoms with van der Waals surface area (Å²) in [6.07, 6.45) is 2.49. The van der Waals surface area contributed by atoms with Crippen LogP contribution in [0.15, 0.2) is 23.3 Å². The molecule has 0 aliphatic carbocycles. The first-order chi connectivity index (χ1) is 12.6. The molecule has 2 heterocycles. The standard InChI is InChI=1S/C19H27N3O4/c1-14(2)22-13-20-16-12-17(24-3)18(11-15(16)19(22)23)26-8-4-5-21-6-9-25-10-7-21/h11-14H,4-10H2,1-3H3. The Morgan fingerprint density at radius 2 is 2.00 bits per heavy atom. The van der Waals surface area contributed by atoms with Crippen LogP contribution in [0.1, 0.15) is 26.3 Å². The Balaban J connectivity index is 1.73. The van der Waals surface area contributed by atoms with Crippen molar-refractivity contribution >= 4 is 10.9 Å². The topological polar surface area (TPSA) is 65.8 Å². The summed E-state index contributed by atoms with van der Waals surface area (Å²) < 4.78 is 18.3. The first-order valence-electron chi connectivity index (χ1n) is 9.12. The van der Waals surface area contributed by atoms with Crippen LogP contribution in [0.4, 0.5) is 0 Å². The molecular formula is C19H27N3O4. The number of rotatable bonds is 7. The van der Waals surface area contributed by atoms with Gasteiger partial charge in [0.1, 0.15) is 0 Å². The molecule has 142 valence electrons. The van der Waals surface area contributed by atoms with E-state index in [0.717, 1.165) is 39.3 Å². The summed E-state index contributed by atoms with van der Waals surface area (Å²) in [5.74, 6) is 1.18. The lowest BCUT2D eigenvalue weighted by molar-refractivity contribution is 0.0357. The predicted octanol–water partition coefficient (Wildman–Crippen LogP) is 2.09. The van der Waals surface area contributed by atoms with E-state index in [2.05, 4.69) is 9.88 Å². The van der Waals surface area contributed by atoms with Crippen LogP contribution in [0.3, 0.4) is 0 Å². The van der Waals surface area contributed by atoms with Crippen molar-refractivity contribution in [1.29, 1.82) is 0 Å². The molecule has 1 aliphatic heterocycles. The number of ether oxygens (including phenoxy) is 3. The first-order valence-corrected chi connectivity index (χ1v) is 9.12. The SMILES string of the molecule is COc1cc2ncn(C(C)C)c(=O)c2cc1OCCCN1CCOCC1. The van der Waals surface area contributed by atoms with E-state index in [0.29, 0.717) is 29.0 Å². The zero-order chi connectivity index (χ0) is 18.5. The lowest BCUT2D eigenvalue weighted by atomic mass is 10.2. The minimum Gasteiger partial charge on any atom is -0.493 e. The zero-order valence-electron chi connectivity index (χ0n) is 15.7. The second-order valence-electron chi connectivity index (χ2n) is 6.73. The van der Waals surface area contributed by atoms with Gasteiger partial charge in [0, 0.05) is 31.7 Å². The average molecular weight is 361 g/mol. The summed E-state index contributed by atoms with van der Waals surface area (Å²) in [7, 11) is 1.59. The van der Waals surface area contributed by atoms with Crippen LogP contribution >= 0.6 is 0 Å². The van der Waals surface area contributed by atoms with E-state index < -0.39 is 0 Å². The second-order valence-corrected chi connectivity index (χ2v) is 6.73. The molecule has 0 spiro atoms. The van der Waals surface area contributed by atoms with Gasteiger partial charge in [0.2, 0.25) is 0 Å². The molecule has 0 radical (unpaired) electrons. The number of hydrogen-bond donors (Lipinski definition) is 0. The van der Waals surface area contributed by atoms with Crippen molar-refractivity contribution in [3.05, 3.63) is 28.8 Å². The summed E-state index contributed by atoms with van der Waals surface area (Å²) in [5, 5.41) is 0.546. The quantitative estimate of drug-likeness (QED) is 0.704. The molecule has 0 unspecified atom stereocenters. The Kier molecular flexibility index (Phi) is 6.11. The minimum atomic E-state index is -0.0641. The highest BCUT2D eigenvalue weighted by Gasteiger charge is 2.14. The Hall–Kier alpha value is -2.12. The van der Waals surface area contributed by atoms with Gasteiger partial charge >= 0.3 is 0 Å². The number of benzene rings is 1. The highest BCUT2D eigenvalue weighted by molar-refractivity contribution is 5.81. The molecule has 1 saturated heterocycles. The van der Waals surface area contributed by atoms with Crippen LogP contribution in [0.5, 0.6) is 11.5 Å². The number of methoxy groups -OCH3 is 1. The van der Waals surface area contributed by atoms with E-state index in [1.54, 1.807) is 30.1 Å². The van der Waals surface area contributed by atoms with Gasteiger partial charge in [-0.05, 0) is 26.3 Å². The zero-order valence-corrected chi connectivity index (χ0v) is 15.7. The number of fused-ring (bicyclic) bond motifs is 1. The van der Waals surface area contributed by atoms with E-state index >= 15 is 0 Å². The monoisotopic (exact) mass is 361 g/mol. The van der Waals surface area contributed by atoms with Crippen LogP contribution in [0.2, 0.25) is 0 Å². The van der Waals surface area contributed by atoms with Gasteiger partial charge in [-0.3, -0.25) is 14.3 Å². The molecular weight excluding hydrogens is 334 g/mol. The Bertz CT molecular complexity index is 797. The predicted molar refractivity (Wildman–Crippen MR) is 100 cm³/mol. The van der Waals surface area contributed by atoms with Gasteiger partial charge in [0.15, 0.2) is 11.5 Å². The molecule has 7 nitrogen and oxygen atoms in total. The summed E-state index contributed by atoms with van der Waals surface area (Å²) in [4.78, 5) is 19.4. The highest BCUT2D eigenvalue weighted by Crippen LogP contribution is 2.30. The molecule has 0 atom stereocenters. The van der Waals surface area contributed by atoms with Crippen molar-refractivity contribution in [3.63, 3.8) is 0 Å². The molecule has 0 saturated carbocycles. The van der Waals surface area contributed by atoms with Gasteiger partial charge in [-0.15, -0.1) is 0 Å². The third-order valence-corrected chi connectivity index (χ3v) is 4.60. The molecule has 26 heavy (non-hydrogen) atoms. The fourth-order valence-corrected chi connectivity index (χ4v) is 3.08. The lowest BCUT2D eigenvalue weighted by Gasteiger charge is -2.26. The molecule has 3 rings (SSSR count). The van der Waals surface area contributed by atoms with Crippen LogP contribution in [-0.4, -0.2) is 61.0 Å². The minimum absolute atomic E-state index is 0.0550. The van der Waals surface area contributed by atoms with Crippen molar-refractivity contribution in [3.8, 4) is 11.5 Å². The van der Waals surface area contributed by atoms with Gasteiger partial charge in [-0.25, -0.2) is 4.98 Å². The lowest BCUT2D eigenvalue weighted by Crippen LogP contribution is -2.37. The maximum Gasteiger partial charge on any atom is 0.261 e. The van der Waals surface area contributed by atoms with Crippen molar-refractivity contribution in [1.82, 2.24) is 14.5 Å². The fourth-order valence-electron chi connectivity index (χ4n) is 3.08. The first kappa shape index (κ1) is 18.7. The highest BCUT2D eigenvalue weighted by atomic mass is 16.5. The molecule has 2 aromatic rings. The van der Waals surface area contributed by atoms with E-state index in [1.165, 1.54) is 0 Å². The molecule has 1 fully saturated rings. The second kappa shape index (κ2) is 8.51. The normalized spacial score (nSPS) is 15.5. The Morgan fingerprint density at radius 1 is 1.23 bits per heavy atom. The van der Waals surface area contributed by atoms with Crippen molar-refractivity contribution in [2.45, 2.75) is 26.3 Å². The molecule has 1 aromatic carbocycles. The molecule has 7 heteroatoms. The number of hydrogen-bond acceptors (Lipinski definition) is 6. The molecule has 0 amide bonds. The van der Waals surface area contributed by atoms with Crippen LogP contribution in [-0.2, 0) is 4.74 Å². The van der Waals surface area contributed by atoms with Gasteiger partial charge < -0.3 is 14.2 Å². The van der Waals surface area contributed by atoms with E-state index in [1.807, 2.05) is 13.8 Å². The van der Waals surface area contributed by atoms with E-state index in [-0.39, 0.29) is 11.6 Å². The number of aromatic nitrogens is 2. The smallest absolute Gasteiger partial charge is 0.261 e. The number of nitrogens with zero attached hydrogens (tertiary/aromatic N) is 3.